The lowest BCUT2D eigenvalue weighted by Crippen LogP contribution is -2.47. The molecule has 58 heavy (non-hydrogen) atoms. The fourth-order valence-electron chi connectivity index (χ4n) is 7.40. The Kier molecular flexibility index (Phi) is 12.1. The minimum atomic E-state index is -0.379. The Hall–Kier alpha value is -6.14. The number of nitrogens with zero attached hydrogens (tertiary/aromatic N) is 6. The van der Waals surface area contributed by atoms with Gasteiger partial charge in [-0.25, -0.2) is 4.98 Å². The fourth-order valence-corrected chi connectivity index (χ4v) is 7.40. The van der Waals surface area contributed by atoms with Gasteiger partial charge in [0.15, 0.2) is 5.65 Å². The number of nitrogens with one attached hydrogen (secondary N) is 3. The Bertz CT molecular complexity index is 2370. The number of fused-ring (bicyclic) bond motifs is 1. The molecule has 1 atom stereocenters. The molecule has 0 bridgehead atoms. The number of aromatic nitrogens is 5. The lowest BCUT2D eigenvalue weighted by Gasteiger charge is -2.36. The van der Waals surface area contributed by atoms with Gasteiger partial charge in [-0.2, -0.15) is 10.1 Å². The van der Waals surface area contributed by atoms with E-state index in [2.05, 4.69) is 108 Å². The number of piperazine rings is 1. The molecular weight excluding hydrogens is 727 g/mol. The molecule has 0 radical (unpaired) electrons. The number of carbonyl (C=O) groups is 2. The second kappa shape index (κ2) is 17.6. The highest BCUT2D eigenvalue weighted by Crippen LogP contribution is 2.32. The molecule has 1 unspecified atom stereocenters. The smallest absolute Gasteiger partial charge is 0.292 e. The van der Waals surface area contributed by atoms with Crippen molar-refractivity contribution in [3.63, 3.8) is 0 Å². The van der Waals surface area contributed by atoms with Gasteiger partial charge in [-0.3, -0.25) is 19.6 Å². The molecule has 4 heterocycles. The van der Waals surface area contributed by atoms with Crippen LogP contribution in [0, 0.1) is 6.92 Å². The number of H-pyrrole nitrogens is 1. The molecule has 1 fully saturated rings. The number of hydrogen-bond donors (Lipinski definition) is 3. The standard InChI is InChI=1S/C46H53N9O3/c1-7-8-9-38(43(56)47-6)33-12-10-31(11-13-33)20-21-54-22-24-55(25-23-54)37-18-16-32(17-19-37)36-27-39-40(51-52-41(39)48-29-36)34-14-15-35(30(2)26-34)28-49-44(57)42-50-45(58-53-42)46(3,4)5/h7,10-19,26-27,29,38H,1,8-9,20-25,28H2,2-6H3,(H,47,56)(H,49,57)(H,48,51,52). The molecule has 3 aromatic heterocycles. The predicted molar refractivity (Wildman–Crippen MR) is 229 cm³/mol. The minimum Gasteiger partial charge on any atom is -0.369 e. The van der Waals surface area contributed by atoms with Crippen LogP contribution in [-0.2, 0) is 23.2 Å². The molecule has 6 aromatic rings. The van der Waals surface area contributed by atoms with Gasteiger partial charge in [-0.1, -0.05) is 80.5 Å². The van der Waals surface area contributed by atoms with E-state index in [0.29, 0.717) is 12.4 Å². The van der Waals surface area contributed by atoms with Crippen LogP contribution in [0.4, 0.5) is 5.69 Å². The molecule has 12 nitrogen and oxygen atoms in total. The van der Waals surface area contributed by atoms with Crippen molar-refractivity contribution in [2.24, 2.45) is 0 Å². The van der Waals surface area contributed by atoms with E-state index in [-0.39, 0.29) is 29.0 Å². The largest absolute Gasteiger partial charge is 0.369 e. The molecule has 7 rings (SSSR count). The average molecular weight is 780 g/mol. The number of benzene rings is 3. The minimum absolute atomic E-state index is 0.0272. The van der Waals surface area contributed by atoms with Crippen molar-refractivity contribution in [3.05, 3.63) is 126 Å². The van der Waals surface area contributed by atoms with Crippen LogP contribution in [0.2, 0.25) is 0 Å². The van der Waals surface area contributed by atoms with E-state index in [1.807, 2.05) is 52.1 Å². The van der Waals surface area contributed by atoms with Crippen molar-refractivity contribution in [2.45, 2.75) is 64.8 Å². The number of aryl methyl sites for hydroxylation is 1. The van der Waals surface area contributed by atoms with Gasteiger partial charge in [0.25, 0.3) is 11.7 Å². The summed E-state index contributed by atoms with van der Waals surface area (Å²) in [5, 5.41) is 18.2. The molecule has 1 aliphatic rings. The Morgan fingerprint density at radius 2 is 1.71 bits per heavy atom. The maximum Gasteiger partial charge on any atom is 0.292 e. The van der Waals surface area contributed by atoms with Crippen LogP contribution in [0.1, 0.15) is 78.3 Å². The van der Waals surface area contributed by atoms with Gasteiger partial charge >= 0.3 is 0 Å². The van der Waals surface area contributed by atoms with Crippen molar-refractivity contribution in [1.82, 2.24) is 40.9 Å². The summed E-state index contributed by atoms with van der Waals surface area (Å²) in [5.74, 6) is -0.0223. The Morgan fingerprint density at radius 1 is 0.966 bits per heavy atom. The van der Waals surface area contributed by atoms with E-state index in [4.69, 9.17) is 9.51 Å². The van der Waals surface area contributed by atoms with E-state index < -0.39 is 0 Å². The first-order valence-electron chi connectivity index (χ1n) is 20.1. The highest BCUT2D eigenvalue weighted by atomic mass is 16.5. The van der Waals surface area contributed by atoms with Crippen LogP contribution >= 0.6 is 0 Å². The van der Waals surface area contributed by atoms with Crippen molar-refractivity contribution in [3.8, 4) is 22.4 Å². The summed E-state index contributed by atoms with van der Waals surface area (Å²) >= 11 is 0. The Morgan fingerprint density at radius 3 is 2.38 bits per heavy atom. The first kappa shape index (κ1) is 40.1. The van der Waals surface area contributed by atoms with Crippen molar-refractivity contribution >= 4 is 28.5 Å². The average Bonchev–Trinajstić information content (AvgIpc) is 3.92. The summed E-state index contributed by atoms with van der Waals surface area (Å²) in [5.41, 5.74) is 9.86. The fraction of sp³-hybridized carbons (Fsp3) is 0.348. The molecule has 0 saturated carbocycles. The maximum atomic E-state index is 12.7. The topological polar surface area (TPSA) is 145 Å². The van der Waals surface area contributed by atoms with Crippen LogP contribution in [0.5, 0.6) is 0 Å². The number of carbonyl (C=O) groups excluding carboxylic acids is 2. The summed E-state index contributed by atoms with van der Waals surface area (Å²) in [6, 6.07) is 25.6. The van der Waals surface area contributed by atoms with Gasteiger partial charge < -0.3 is 20.1 Å². The Balaban J connectivity index is 0.932. The number of likely N-dealkylation sites (N-methyl/N-ethyl adjacent to an activating group) is 1. The van der Waals surface area contributed by atoms with Gasteiger partial charge in [0.2, 0.25) is 11.8 Å². The molecule has 3 N–H and O–H groups in total. The zero-order valence-electron chi connectivity index (χ0n) is 34.1. The predicted octanol–water partition coefficient (Wildman–Crippen LogP) is 7.37. The van der Waals surface area contributed by atoms with Gasteiger partial charge in [0.05, 0.1) is 5.92 Å². The third-order valence-corrected chi connectivity index (χ3v) is 11.0. The molecule has 300 valence electrons. The zero-order chi connectivity index (χ0) is 40.8. The first-order chi connectivity index (χ1) is 28.0. The third-order valence-electron chi connectivity index (χ3n) is 11.0. The van der Waals surface area contributed by atoms with Gasteiger partial charge in [-0.05, 0) is 78.3 Å². The summed E-state index contributed by atoms with van der Waals surface area (Å²) in [6.45, 7) is 17.0. The lowest BCUT2D eigenvalue weighted by molar-refractivity contribution is -0.122. The number of hydrogen-bond acceptors (Lipinski definition) is 9. The molecule has 0 aliphatic carbocycles. The Labute approximate surface area is 340 Å². The summed E-state index contributed by atoms with van der Waals surface area (Å²) in [4.78, 5) is 39.1. The lowest BCUT2D eigenvalue weighted by atomic mass is 9.92. The van der Waals surface area contributed by atoms with Crippen LogP contribution in [0.3, 0.4) is 0 Å². The van der Waals surface area contributed by atoms with E-state index in [9.17, 15) is 9.59 Å². The van der Waals surface area contributed by atoms with Crippen LogP contribution < -0.4 is 15.5 Å². The second-order valence-corrected chi connectivity index (χ2v) is 16.1. The van der Waals surface area contributed by atoms with Gasteiger partial charge in [0, 0.05) is 80.1 Å². The molecule has 0 spiro atoms. The third kappa shape index (κ3) is 9.18. The zero-order valence-corrected chi connectivity index (χ0v) is 34.1. The van der Waals surface area contributed by atoms with Gasteiger partial charge in [-0.15, -0.1) is 6.58 Å². The molecule has 12 heteroatoms. The van der Waals surface area contributed by atoms with E-state index >= 15 is 0 Å². The number of pyridine rings is 1. The highest BCUT2D eigenvalue weighted by molar-refractivity contribution is 5.94. The van der Waals surface area contributed by atoms with Crippen LogP contribution in [0.15, 0.2) is 96.2 Å². The maximum absolute atomic E-state index is 12.7. The first-order valence-corrected chi connectivity index (χ1v) is 20.1. The summed E-state index contributed by atoms with van der Waals surface area (Å²) in [6.07, 6.45) is 6.32. The van der Waals surface area contributed by atoms with Crippen molar-refractivity contribution in [2.75, 3.05) is 44.7 Å². The molecular formula is C46H53N9O3. The number of anilines is 1. The summed E-state index contributed by atoms with van der Waals surface area (Å²) in [7, 11) is 1.70. The highest BCUT2D eigenvalue weighted by Gasteiger charge is 2.25. The van der Waals surface area contributed by atoms with E-state index in [0.717, 1.165) is 102 Å². The number of aromatic amines is 1. The second-order valence-electron chi connectivity index (χ2n) is 16.1. The van der Waals surface area contributed by atoms with Crippen molar-refractivity contribution in [1.29, 1.82) is 0 Å². The van der Waals surface area contributed by atoms with E-state index in [1.165, 1.54) is 11.3 Å². The van der Waals surface area contributed by atoms with Crippen LogP contribution in [0.25, 0.3) is 33.4 Å². The van der Waals surface area contributed by atoms with Crippen molar-refractivity contribution < 1.29 is 14.1 Å². The molecule has 1 aliphatic heterocycles. The summed E-state index contributed by atoms with van der Waals surface area (Å²) < 4.78 is 5.28. The molecule has 1 saturated heterocycles. The van der Waals surface area contributed by atoms with Crippen LogP contribution in [-0.4, -0.2) is 81.8 Å². The SMILES string of the molecule is C=CCCC(C(=O)NC)c1ccc(CCN2CCN(c3ccc(-c4cnc5[nH]nc(-c6ccc(CNC(=O)c7noc(C(C)(C)C)n7)c(C)c6)c5c4)cc3)CC2)cc1. The number of amides is 2. The molecule has 2 amide bonds. The number of allylic oxidation sites excluding steroid dienone is 1. The van der Waals surface area contributed by atoms with E-state index in [1.54, 1.807) is 7.05 Å². The van der Waals surface area contributed by atoms with Gasteiger partial charge in [0.1, 0.15) is 5.69 Å². The normalized spacial score (nSPS) is 14.1. The molecule has 3 aromatic carbocycles. The quantitative estimate of drug-likeness (QED) is 0.0966. The number of rotatable bonds is 14. The monoisotopic (exact) mass is 779 g/mol.